The number of ether oxygens (including phenoxy) is 4. The number of methoxy groups -OCH3 is 2. The Hall–Kier alpha value is -3.44. The van der Waals surface area contributed by atoms with E-state index >= 15 is 0 Å². The van der Waals surface area contributed by atoms with Crippen molar-refractivity contribution in [2.45, 2.75) is 26.1 Å². The lowest BCUT2D eigenvalue weighted by atomic mass is 10.1. The predicted molar refractivity (Wildman–Crippen MR) is 95.5 cm³/mol. The summed E-state index contributed by atoms with van der Waals surface area (Å²) in [6.45, 7) is 2.38. The lowest BCUT2D eigenvalue weighted by molar-refractivity contribution is -0.0245. The second-order valence-electron chi connectivity index (χ2n) is 6.36. The van der Waals surface area contributed by atoms with Gasteiger partial charge in [-0.3, -0.25) is 0 Å². The summed E-state index contributed by atoms with van der Waals surface area (Å²) in [5.41, 5.74) is -2.00. The van der Waals surface area contributed by atoms with Gasteiger partial charge in [-0.15, -0.1) is 0 Å². The summed E-state index contributed by atoms with van der Waals surface area (Å²) >= 11 is 0. The number of esters is 2. The molecule has 2 rings (SSSR count). The maximum Gasteiger partial charge on any atom is 0.341 e. The van der Waals surface area contributed by atoms with Gasteiger partial charge in [-0.2, -0.15) is 8.78 Å². The van der Waals surface area contributed by atoms with Crippen molar-refractivity contribution in [2.75, 3.05) is 14.2 Å². The third kappa shape index (κ3) is 4.73. The van der Waals surface area contributed by atoms with E-state index in [0.717, 1.165) is 14.2 Å². The molecule has 174 valence electrons. The van der Waals surface area contributed by atoms with E-state index in [9.17, 15) is 35.9 Å². The summed E-state index contributed by atoms with van der Waals surface area (Å²) in [7, 11) is 1.71. The Morgan fingerprint density at radius 1 is 0.656 bits per heavy atom. The van der Waals surface area contributed by atoms with Crippen LogP contribution in [0.5, 0.6) is 11.5 Å². The zero-order valence-electron chi connectivity index (χ0n) is 17.0. The number of carbonyl (C=O) groups is 2. The smallest absolute Gasteiger partial charge is 0.341 e. The molecule has 0 spiro atoms. The van der Waals surface area contributed by atoms with E-state index in [4.69, 9.17) is 9.47 Å². The minimum Gasteiger partial charge on any atom is -0.491 e. The zero-order valence-corrected chi connectivity index (χ0v) is 17.0. The molecule has 0 heterocycles. The zero-order chi connectivity index (χ0) is 24.3. The molecule has 2 aromatic rings. The Labute approximate surface area is 177 Å². The summed E-state index contributed by atoms with van der Waals surface area (Å²) in [5, 5.41) is 0. The molecule has 0 saturated heterocycles. The fourth-order valence-corrected chi connectivity index (χ4v) is 2.47. The lowest BCUT2D eigenvalue weighted by Crippen LogP contribution is -2.31. The topological polar surface area (TPSA) is 71.1 Å². The number of halogens is 6. The molecule has 0 bridgehead atoms. The summed E-state index contributed by atoms with van der Waals surface area (Å²) < 4.78 is 101. The van der Waals surface area contributed by atoms with Crippen molar-refractivity contribution in [3.05, 3.63) is 58.2 Å². The third-order valence-electron chi connectivity index (χ3n) is 4.33. The Morgan fingerprint density at radius 2 is 0.969 bits per heavy atom. The Bertz CT molecular complexity index is 974. The van der Waals surface area contributed by atoms with Gasteiger partial charge >= 0.3 is 11.9 Å². The van der Waals surface area contributed by atoms with Crippen molar-refractivity contribution in [1.29, 1.82) is 0 Å². The molecule has 0 aliphatic heterocycles. The monoisotopic (exact) mass is 466 g/mol. The van der Waals surface area contributed by atoms with Gasteiger partial charge in [-0.25, -0.2) is 27.2 Å². The minimum absolute atomic E-state index is 0.252. The second kappa shape index (κ2) is 9.79. The van der Waals surface area contributed by atoms with E-state index in [0.29, 0.717) is 0 Å². The van der Waals surface area contributed by atoms with Crippen molar-refractivity contribution in [2.24, 2.45) is 0 Å². The van der Waals surface area contributed by atoms with E-state index in [-0.39, 0.29) is 12.1 Å². The molecule has 6 nitrogen and oxygen atoms in total. The molecule has 0 saturated carbocycles. The highest BCUT2D eigenvalue weighted by Crippen LogP contribution is 2.29. The van der Waals surface area contributed by atoms with Crippen molar-refractivity contribution >= 4 is 11.9 Å². The highest BCUT2D eigenvalue weighted by molar-refractivity contribution is 5.91. The van der Waals surface area contributed by atoms with Crippen LogP contribution in [-0.4, -0.2) is 38.4 Å². The molecule has 0 fully saturated rings. The fraction of sp³-hybridized carbons (Fsp3) is 0.300. The molecule has 0 N–H and O–H groups in total. The van der Waals surface area contributed by atoms with Gasteiger partial charge in [-0.05, 0) is 26.0 Å². The summed E-state index contributed by atoms with van der Waals surface area (Å²) in [6.07, 6.45) is -2.64. The molecular weight excluding hydrogens is 450 g/mol. The van der Waals surface area contributed by atoms with Gasteiger partial charge in [0.25, 0.3) is 0 Å². The second-order valence-corrected chi connectivity index (χ2v) is 6.36. The van der Waals surface area contributed by atoms with Crippen LogP contribution in [0, 0.1) is 34.9 Å². The number of carbonyl (C=O) groups excluding carboxylic acids is 2. The van der Waals surface area contributed by atoms with Crippen molar-refractivity contribution in [3.63, 3.8) is 0 Å². The highest BCUT2D eigenvalue weighted by Gasteiger charge is 2.30. The largest absolute Gasteiger partial charge is 0.491 e. The van der Waals surface area contributed by atoms with Gasteiger partial charge in [0.1, 0.15) is 23.3 Å². The molecule has 2 atom stereocenters. The van der Waals surface area contributed by atoms with Gasteiger partial charge in [0.15, 0.2) is 34.8 Å². The summed E-state index contributed by atoms with van der Waals surface area (Å²) in [6, 6.07) is 0.504. The predicted octanol–water partition coefficient (Wildman–Crippen LogP) is 4.33. The van der Waals surface area contributed by atoms with E-state index in [2.05, 4.69) is 9.47 Å². The maximum atomic E-state index is 14.2. The number of hydrogen-bond donors (Lipinski definition) is 0. The van der Waals surface area contributed by atoms with Crippen molar-refractivity contribution in [3.8, 4) is 11.5 Å². The summed E-state index contributed by atoms with van der Waals surface area (Å²) in [5.74, 6) is -14.7. The quantitative estimate of drug-likeness (QED) is 0.344. The number of hydrogen-bond acceptors (Lipinski definition) is 6. The van der Waals surface area contributed by atoms with Crippen LogP contribution in [-0.2, 0) is 9.47 Å². The van der Waals surface area contributed by atoms with Gasteiger partial charge in [-0.1, -0.05) is 0 Å². The average molecular weight is 466 g/mol. The Morgan fingerprint density at radius 3 is 1.25 bits per heavy atom. The standard InChI is InChI=1S/C20H16F6O6/c1-7(31-19(27)9-5-11(21)15(25)17(29-3)13(9)23)8(2)32-20(28)10-6-12(22)16(26)18(30-4)14(10)24/h5-8H,1-4H3. The maximum absolute atomic E-state index is 14.2. The SMILES string of the molecule is COc1c(F)c(F)cc(C(=O)OC(C)C(C)OC(=O)c2cc(F)c(F)c(OC)c2F)c1F. The molecule has 0 aliphatic carbocycles. The average Bonchev–Trinajstić information content (AvgIpc) is 2.73. The normalized spacial score (nSPS) is 12.7. The third-order valence-corrected chi connectivity index (χ3v) is 4.33. The van der Waals surface area contributed by atoms with Crippen LogP contribution in [0.2, 0.25) is 0 Å². The number of benzene rings is 2. The van der Waals surface area contributed by atoms with Crippen LogP contribution in [0.15, 0.2) is 12.1 Å². The van der Waals surface area contributed by atoms with Crippen LogP contribution in [0.4, 0.5) is 26.3 Å². The molecule has 32 heavy (non-hydrogen) atoms. The first-order valence-electron chi connectivity index (χ1n) is 8.79. The minimum atomic E-state index is -1.65. The first-order chi connectivity index (χ1) is 14.9. The van der Waals surface area contributed by atoms with Crippen LogP contribution < -0.4 is 9.47 Å². The van der Waals surface area contributed by atoms with E-state index in [1.807, 2.05) is 0 Å². The Balaban J connectivity index is 2.18. The van der Waals surface area contributed by atoms with Gasteiger partial charge in [0, 0.05) is 0 Å². The molecule has 2 unspecified atom stereocenters. The summed E-state index contributed by atoms with van der Waals surface area (Å²) in [4.78, 5) is 24.3. The molecule has 0 aliphatic rings. The molecule has 0 radical (unpaired) electrons. The van der Waals surface area contributed by atoms with Crippen molar-refractivity contribution < 1.29 is 54.9 Å². The van der Waals surface area contributed by atoms with Crippen LogP contribution in [0.3, 0.4) is 0 Å². The number of rotatable bonds is 7. The van der Waals surface area contributed by atoms with Gasteiger partial charge < -0.3 is 18.9 Å². The fourth-order valence-electron chi connectivity index (χ4n) is 2.47. The first kappa shape index (κ1) is 24.8. The Kier molecular flexibility index (Phi) is 7.60. The van der Waals surface area contributed by atoms with Gasteiger partial charge in [0.2, 0.25) is 11.6 Å². The van der Waals surface area contributed by atoms with Crippen molar-refractivity contribution in [1.82, 2.24) is 0 Å². The van der Waals surface area contributed by atoms with E-state index in [1.54, 1.807) is 0 Å². The highest BCUT2D eigenvalue weighted by atomic mass is 19.2. The molecule has 0 amide bonds. The van der Waals surface area contributed by atoms with E-state index < -0.39 is 81.7 Å². The molecule has 2 aromatic carbocycles. The van der Waals surface area contributed by atoms with Crippen LogP contribution in [0.25, 0.3) is 0 Å². The van der Waals surface area contributed by atoms with E-state index in [1.165, 1.54) is 13.8 Å². The molecular formula is C20H16F6O6. The van der Waals surface area contributed by atoms with Crippen LogP contribution >= 0.6 is 0 Å². The first-order valence-corrected chi connectivity index (χ1v) is 8.79. The molecule has 0 aromatic heterocycles. The molecule has 12 heteroatoms. The lowest BCUT2D eigenvalue weighted by Gasteiger charge is -2.21. The van der Waals surface area contributed by atoms with Crippen LogP contribution in [0.1, 0.15) is 34.6 Å². The van der Waals surface area contributed by atoms with Gasteiger partial charge in [0.05, 0.1) is 14.2 Å².